The van der Waals surface area contributed by atoms with Gasteiger partial charge >= 0.3 is 5.97 Å². The Morgan fingerprint density at radius 2 is 1.88 bits per heavy atom. The van der Waals surface area contributed by atoms with Crippen molar-refractivity contribution in [2.75, 3.05) is 13.7 Å². The number of esters is 1. The van der Waals surface area contributed by atoms with E-state index in [0.29, 0.717) is 6.42 Å². The first-order valence-corrected chi connectivity index (χ1v) is 6.95. The lowest BCUT2D eigenvalue weighted by molar-refractivity contribution is -0.160. The van der Waals surface area contributed by atoms with Crippen LogP contribution in [0.25, 0.3) is 0 Å². The van der Waals surface area contributed by atoms with Crippen LogP contribution in [0.1, 0.15) is 57.8 Å². The third-order valence-corrected chi connectivity index (χ3v) is 4.31. The summed E-state index contributed by atoms with van der Waals surface area (Å²) in [7, 11) is 1.45. The lowest BCUT2D eigenvalue weighted by Gasteiger charge is -2.42. The van der Waals surface area contributed by atoms with Gasteiger partial charge in [0.1, 0.15) is 0 Å². The number of rotatable bonds is 5. The molecule has 0 aromatic heterocycles. The van der Waals surface area contributed by atoms with Crippen LogP contribution >= 0.6 is 0 Å². The molecular formula is C14H24O3. The standard InChI is InChI=1S/C14H24O3/c1-16-13(15)10-14(8-5-9-14)17-11-12-6-3-2-4-7-12/h12H,2-11H2,1H3. The highest BCUT2D eigenvalue weighted by Crippen LogP contribution is 2.40. The molecular weight excluding hydrogens is 216 g/mol. The van der Waals surface area contributed by atoms with Crippen LogP contribution < -0.4 is 0 Å². The van der Waals surface area contributed by atoms with E-state index in [9.17, 15) is 4.79 Å². The van der Waals surface area contributed by atoms with Gasteiger partial charge in [-0.15, -0.1) is 0 Å². The molecule has 3 nitrogen and oxygen atoms in total. The van der Waals surface area contributed by atoms with Crippen LogP contribution in [0.4, 0.5) is 0 Å². The first kappa shape index (κ1) is 12.9. The van der Waals surface area contributed by atoms with Crippen molar-refractivity contribution in [3.63, 3.8) is 0 Å². The van der Waals surface area contributed by atoms with E-state index < -0.39 is 0 Å². The van der Waals surface area contributed by atoms with E-state index >= 15 is 0 Å². The normalized spacial score (nSPS) is 24.1. The van der Waals surface area contributed by atoms with Crippen LogP contribution in [0.2, 0.25) is 0 Å². The second-order valence-electron chi connectivity index (χ2n) is 5.60. The maximum atomic E-state index is 11.4. The van der Waals surface area contributed by atoms with E-state index in [0.717, 1.165) is 25.4 Å². The molecule has 0 heterocycles. The second-order valence-corrected chi connectivity index (χ2v) is 5.60. The van der Waals surface area contributed by atoms with Crippen molar-refractivity contribution >= 4 is 5.97 Å². The van der Waals surface area contributed by atoms with Crippen molar-refractivity contribution in [2.45, 2.75) is 63.4 Å². The fourth-order valence-corrected chi connectivity index (χ4v) is 2.93. The molecule has 0 saturated heterocycles. The number of methoxy groups -OCH3 is 1. The van der Waals surface area contributed by atoms with Crippen LogP contribution in [0.15, 0.2) is 0 Å². The SMILES string of the molecule is COC(=O)CC1(OCC2CCCCC2)CCC1. The highest BCUT2D eigenvalue weighted by Gasteiger charge is 2.40. The van der Waals surface area contributed by atoms with E-state index in [2.05, 4.69) is 0 Å². The van der Waals surface area contributed by atoms with Crippen LogP contribution in [0, 0.1) is 5.92 Å². The molecule has 2 saturated carbocycles. The van der Waals surface area contributed by atoms with Gasteiger partial charge in [0.15, 0.2) is 0 Å². The molecule has 0 radical (unpaired) electrons. The third-order valence-electron chi connectivity index (χ3n) is 4.31. The second kappa shape index (κ2) is 5.85. The fraction of sp³-hybridized carbons (Fsp3) is 0.929. The van der Waals surface area contributed by atoms with Crippen molar-refractivity contribution < 1.29 is 14.3 Å². The Morgan fingerprint density at radius 1 is 1.18 bits per heavy atom. The van der Waals surface area contributed by atoms with E-state index in [1.807, 2.05) is 0 Å². The van der Waals surface area contributed by atoms with Gasteiger partial charge in [0, 0.05) is 0 Å². The van der Waals surface area contributed by atoms with Crippen molar-refractivity contribution in [2.24, 2.45) is 5.92 Å². The highest BCUT2D eigenvalue weighted by molar-refractivity contribution is 5.70. The summed E-state index contributed by atoms with van der Waals surface area (Å²) in [6, 6.07) is 0. The van der Waals surface area contributed by atoms with Gasteiger partial charge in [-0.2, -0.15) is 0 Å². The van der Waals surface area contributed by atoms with Crippen LogP contribution in [0.3, 0.4) is 0 Å². The topological polar surface area (TPSA) is 35.5 Å². The quantitative estimate of drug-likeness (QED) is 0.693. The van der Waals surface area contributed by atoms with Crippen molar-refractivity contribution in [3.05, 3.63) is 0 Å². The van der Waals surface area contributed by atoms with Crippen molar-refractivity contribution in [1.82, 2.24) is 0 Å². The number of ether oxygens (including phenoxy) is 2. The average molecular weight is 240 g/mol. The Hall–Kier alpha value is -0.570. The van der Waals surface area contributed by atoms with Crippen LogP contribution in [0.5, 0.6) is 0 Å². The van der Waals surface area contributed by atoms with E-state index in [4.69, 9.17) is 9.47 Å². The summed E-state index contributed by atoms with van der Waals surface area (Å²) in [5, 5.41) is 0. The molecule has 2 fully saturated rings. The minimum atomic E-state index is -0.176. The first-order valence-electron chi connectivity index (χ1n) is 6.95. The van der Waals surface area contributed by atoms with E-state index in [-0.39, 0.29) is 11.6 Å². The first-order chi connectivity index (χ1) is 8.24. The summed E-state index contributed by atoms with van der Waals surface area (Å²) in [5.74, 6) is 0.590. The van der Waals surface area contributed by atoms with Gasteiger partial charge in [0.05, 0.1) is 25.7 Å². The van der Waals surface area contributed by atoms with Gasteiger partial charge in [0.2, 0.25) is 0 Å². The van der Waals surface area contributed by atoms with Crippen molar-refractivity contribution in [1.29, 1.82) is 0 Å². The number of carbonyl (C=O) groups excluding carboxylic acids is 1. The molecule has 2 aliphatic carbocycles. The van der Waals surface area contributed by atoms with Gasteiger partial charge in [-0.25, -0.2) is 0 Å². The van der Waals surface area contributed by atoms with E-state index in [1.165, 1.54) is 45.6 Å². The Bertz CT molecular complexity index is 252. The molecule has 3 heteroatoms. The zero-order valence-corrected chi connectivity index (χ0v) is 10.9. The van der Waals surface area contributed by atoms with Gasteiger partial charge in [0.25, 0.3) is 0 Å². The fourth-order valence-electron chi connectivity index (χ4n) is 2.93. The minimum absolute atomic E-state index is 0.131. The summed E-state index contributed by atoms with van der Waals surface area (Å²) in [4.78, 5) is 11.4. The molecule has 0 aromatic carbocycles. The predicted molar refractivity (Wildman–Crippen MR) is 65.7 cm³/mol. The third kappa shape index (κ3) is 3.44. The largest absolute Gasteiger partial charge is 0.469 e. The molecule has 0 N–H and O–H groups in total. The molecule has 98 valence electrons. The number of carbonyl (C=O) groups is 1. The molecule has 0 unspecified atom stereocenters. The summed E-state index contributed by atoms with van der Waals surface area (Å²) >= 11 is 0. The molecule has 2 aliphatic rings. The Kier molecular flexibility index (Phi) is 4.43. The van der Waals surface area contributed by atoms with Gasteiger partial charge in [-0.1, -0.05) is 19.3 Å². The summed E-state index contributed by atoms with van der Waals surface area (Å²) < 4.78 is 10.8. The summed E-state index contributed by atoms with van der Waals surface area (Å²) in [5.41, 5.74) is -0.176. The maximum absolute atomic E-state index is 11.4. The minimum Gasteiger partial charge on any atom is -0.469 e. The number of hydrogen-bond acceptors (Lipinski definition) is 3. The number of hydrogen-bond donors (Lipinski definition) is 0. The van der Waals surface area contributed by atoms with Gasteiger partial charge in [-0.3, -0.25) is 4.79 Å². The molecule has 0 amide bonds. The van der Waals surface area contributed by atoms with Crippen molar-refractivity contribution in [3.8, 4) is 0 Å². The summed E-state index contributed by atoms with van der Waals surface area (Å²) in [6.45, 7) is 0.844. The maximum Gasteiger partial charge on any atom is 0.308 e. The lowest BCUT2D eigenvalue weighted by atomic mass is 9.77. The van der Waals surface area contributed by atoms with Gasteiger partial charge < -0.3 is 9.47 Å². The molecule has 2 rings (SSSR count). The molecule has 0 bridgehead atoms. The Balaban J connectivity index is 1.76. The zero-order chi connectivity index (χ0) is 12.1. The predicted octanol–water partition coefficient (Wildman–Crippen LogP) is 3.07. The monoisotopic (exact) mass is 240 g/mol. The van der Waals surface area contributed by atoms with Crippen LogP contribution in [-0.4, -0.2) is 25.3 Å². The summed E-state index contributed by atoms with van der Waals surface area (Å²) in [6.07, 6.45) is 10.3. The molecule has 0 aromatic rings. The average Bonchev–Trinajstić information content (AvgIpc) is 2.33. The smallest absolute Gasteiger partial charge is 0.308 e. The molecule has 17 heavy (non-hydrogen) atoms. The molecule has 0 aliphatic heterocycles. The lowest BCUT2D eigenvalue weighted by Crippen LogP contribution is -2.43. The van der Waals surface area contributed by atoms with Gasteiger partial charge in [-0.05, 0) is 38.0 Å². The highest BCUT2D eigenvalue weighted by atomic mass is 16.5. The molecule has 0 spiro atoms. The Morgan fingerprint density at radius 3 is 2.41 bits per heavy atom. The van der Waals surface area contributed by atoms with E-state index in [1.54, 1.807) is 0 Å². The van der Waals surface area contributed by atoms with Crippen LogP contribution in [-0.2, 0) is 14.3 Å². The Labute approximate surface area is 104 Å². The zero-order valence-electron chi connectivity index (χ0n) is 10.9. The molecule has 0 atom stereocenters.